The topological polar surface area (TPSA) is 125 Å². The number of pyridine rings is 1. The summed E-state index contributed by atoms with van der Waals surface area (Å²) in [5.74, 6) is 0. The van der Waals surface area contributed by atoms with E-state index in [1.807, 2.05) is 0 Å². The van der Waals surface area contributed by atoms with Crippen molar-refractivity contribution < 1.29 is 8.42 Å². The van der Waals surface area contributed by atoms with Crippen LogP contribution in [0.5, 0.6) is 0 Å². The number of H-pyrrole nitrogens is 2. The van der Waals surface area contributed by atoms with Crippen LogP contribution < -0.4 is 15.8 Å². The van der Waals surface area contributed by atoms with Crippen LogP contribution in [0.1, 0.15) is 5.56 Å². The van der Waals surface area contributed by atoms with E-state index in [1.54, 1.807) is 31.2 Å². The lowest BCUT2D eigenvalue weighted by molar-refractivity contribution is 0.600. The van der Waals surface area contributed by atoms with Gasteiger partial charge in [-0.15, -0.1) is 0 Å². The van der Waals surface area contributed by atoms with E-state index in [2.05, 4.69) is 19.7 Å². The number of sulfonamides is 1. The predicted molar refractivity (Wildman–Crippen MR) is 120 cm³/mol. The van der Waals surface area contributed by atoms with Crippen LogP contribution in [-0.4, -0.2) is 23.4 Å². The molecule has 158 valence electrons. The van der Waals surface area contributed by atoms with Gasteiger partial charge in [0.1, 0.15) is 0 Å². The van der Waals surface area contributed by atoms with E-state index in [1.165, 1.54) is 24.4 Å². The Hall–Kier alpha value is -3.14. The number of nitrogens with one attached hydrogen (secondary N) is 3. The van der Waals surface area contributed by atoms with Crippen molar-refractivity contribution in [3.8, 4) is 11.3 Å². The fraction of sp³-hybridized carbons (Fsp3) is 0.0500. The minimum absolute atomic E-state index is 0.0715. The smallest absolute Gasteiger partial charge is 0.314 e. The van der Waals surface area contributed by atoms with Crippen LogP contribution in [0.4, 0.5) is 5.69 Å². The number of benzene rings is 2. The van der Waals surface area contributed by atoms with Crippen molar-refractivity contribution in [3.05, 3.63) is 85.0 Å². The standard InChI is InChI=1S/C20H14Cl2N4O4S/c1-10-5-15-16(25-20(28)19(27)24-15)8-17(10)31(29,30)26-13-7-14(22)18(23-9-13)11-3-2-4-12(21)6-11/h2-9,26H,1H3,(H,24,27)(H,25,28). The van der Waals surface area contributed by atoms with Crippen LogP contribution in [0.3, 0.4) is 0 Å². The van der Waals surface area contributed by atoms with E-state index in [9.17, 15) is 18.0 Å². The average Bonchev–Trinajstić information content (AvgIpc) is 2.68. The fourth-order valence-corrected chi connectivity index (χ4v) is 4.85. The Bertz CT molecular complexity index is 1560. The third kappa shape index (κ3) is 4.20. The molecule has 0 unspecified atom stereocenters. The van der Waals surface area contributed by atoms with Crippen molar-refractivity contribution in [3.63, 3.8) is 0 Å². The third-order valence-electron chi connectivity index (χ3n) is 4.50. The number of fused-ring (bicyclic) bond motifs is 1. The largest absolute Gasteiger partial charge is 0.316 e. The fourth-order valence-electron chi connectivity index (χ4n) is 3.09. The lowest BCUT2D eigenvalue weighted by Gasteiger charge is -2.12. The Morgan fingerprint density at radius 1 is 0.968 bits per heavy atom. The minimum atomic E-state index is -4.04. The first kappa shape index (κ1) is 21.1. The maximum Gasteiger partial charge on any atom is 0.314 e. The van der Waals surface area contributed by atoms with E-state index in [0.29, 0.717) is 27.4 Å². The zero-order valence-corrected chi connectivity index (χ0v) is 18.2. The quantitative estimate of drug-likeness (QED) is 0.387. The molecule has 0 atom stereocenters. The number of hydrogen-bond donors (Lipinski definition) is 3. The summed E-state index contributed by atoms with van der Waals surface area (Å²) in [5.41, 5.74) is 0.481. The molecule has 8 nitrogen and oxygen atoms in total. The molecule has 2 aromatic heterocycles. The van der Waals surface area contributed by atoms with Crippen molar-refractivity contribution in [2.75, 3.05) is 4.72 Å². The molecule has 2 aromatic carbocycles. The van der Waals surface area contributed by atoms with Crippen molar-refractivity contribution >= 4 is 49.9 Å². The second-order valence-electron chi connectivity index (χ2n) is 6.74. The normalized spacial score (nSPS) is 11.6. The van der Waals surface area contributed by atoms with Gasteiger partial charge >= 0.3 is 11.1 Å². The molecule has 2 heterocycles. The van der Waals surface area contributed by atoms with Gasteiger partial charge in [-0.25, -0.2) is 8.42 Å². The second kappa shape index (κ2) is 7.84. The number of aryl methyl sites for hydroxylation is 1. The molecule has 0 fully saturated rings. The summed E-state index contributed by atoms with van der Waals surface area (Å²) in [5, 5.41) is 0.755. The summed E-state index contributed by atoms with van der Waals surface area (Å²) >= 11 is 12.3. The lowest BCUT2D eigenvalue weighted by atomic mass is 10.1. The van der Waals surface area contributed by atoms with Crippen LogP contribution >= 0.6 is 23.2 Å². The highest BCUT2D eigenvalue weighted by atomic mass is 35.5. The highest BCUT2D eigenvalue weighted by Gasteiger charge is 2.20. The van der Waals surface area contributed by atoms with Crippen molar-refractivity contribution in [2.24, 2.45) is 0 Å². The maximum atomic E-state index is 13.0. The van der Waals surface area contributed by atoms with E-state index >= 15 is 0 Å². The zero-order chi connectivity index (χ0) is 22.3. The molecule has 0 spiro atoms. The van der Waals surface area contributed by atoms with E-state index in [4.69, 9.17) is 23.2 Å². The molecule has 0 bridgehead atoms. The number of anilines is 1. The molecule has 0 saturated heterocycles. The van der Waals surface area contributed by atoms with Crippen molar-refractivity contribution in [1.29, 1.82) is 0 Å². The summed E-state index contributed by atoms with van der Waals surface area (Å²) < 4.78 is 28.4. The number of nitrogens with zero attached hydrogens (tertiary/aromatic N) is 1. The number of aromatic nitrogens is 3. The molecule has 0 radical (unpaired) electrons. The summed E-state index contributed by atoms with van der Waals surface area (Å²) in [6.45, 7) is 1.57. The van der Waals surface area contributed by atoms with Crippen LogP contribution in [0.15, 0.2) is 63.1 Å². The zero-order valence-electron chi connectivity index (χ0n) is 15.9. The summed E-state index contributed by atoms with van der Waals surface area (Å²) in [6.07, 6.45) is 1.34. The third-order valence-corrected chi connectivity index (χ3v) is 6.55. The monoisotopic (exact) mass is 476 g/mol. The first-order chi connectivity index (χ1) is 14.6. The van der Waals surface area contributed by atoms with E-state index in [-0.39, 0.29) is 21.1 Å². The van der Waals surface area contributed by atoms with Gasteiger partial charge in [0.25, 0.3) is 10.0 Å². The Morgan fingerprint density at radius 2 is 1.65 bits per heavy atom. The number of hydrogen-bond acceptors (Lipinski definition) is 5. The molecular weight excluding hydrogens is 463 g/mol. The van der Waals surface area contributed by atoms with Crippen LogP contribution in [0.2, 0.25) is 10.0 Å². The van der Waals surface area contributed by atoms with Gasteiger partial charge in [-0.2, -0.15) is 0 Å². The Labute approximate surface area is 185 Å². The molecule has 4 rings (SSSR count). The van der Waals surface area contributed by atoms with Gasteiger partial charge in [-0.1, -0.05) is 35.3 Å². The highest BCUT2D eigenvalue weighted by molar-refractivity contribution is 7.92. The Balaban J connectivity index is 1.71. The van der Waals surface area contributed by atoms with Crippen LogP contribution in [0, 0.1) is 6.92 Å². The van der Waals surface area contributed by atoms with Gasteiger partial charge in [0.05, 0.1) is 38.5 Å². The summed E-state index contributed by atoms with van der Waals surface area (Å²) in [6, 6.07) is 11.1. The second-order valence-corrected chi connectivity index (χ2v) is 9.24. The molecule has 31 heavy (non-hydrogen) atoms. The molecule has 0 saturated carbocycles. The molecule has 0 aliphatic heterocycles. The first-order valence-corrected chi connectivity index (χ1v) is 11.1. The van der Waals surface area contributed by atoms with Gasteiger partial charge in [0.15, 0.2) is 0 Å². The van der Waals surface area contributed by atoms with E-state index in [0.717, 1.165) is 0 Å². The Morgan fingerprint density at radius 3 is 2.29 bits per heavy atom. The predicted octanol–water partition coefficient (Wildman–Crippen LogP) is 3.69. The maximum absolute atomic E-state index is 13.0. The molecule has 0 aliphatic rings. The SMILES string of the molecule is Cc1cc2[nH]c(=O)c(=O)[nH]c2cc1S(=O)(=O)Nc1cnc(-c2cccc(Cl)c2)c(Cl)c1. The van der Waals surface area contributed by atoms with Gasteiger partial charge in [-0.05, 0) is 42.8 Å². The van der Waals surface area contributed by atoms with Gasteiger partial charge < -0.3 is 9.97 Å². The van der Waals surface area contributed by atoms with Crippen molar-refractivity contribution in [1.82, 2.24) is 15.0 Å². The molecule has 0 aliphatic carbocycles. The minimum Gasteiger partial charge on any atom is -0.316 e. The van der Waals surface area contributed by atoms with Gasteiger partial charge in [0.2, 0.25) is 0 Å². The number of halogens is 2. The molecule has 0 amide bonds. The lowest BCUT2D eigenvalue weighted by Crippen LogP contribution is -2.29. The number of aromatic amines is 2. The summed E-state index contributed by atoms with van der Waals surface area (Å²) in [7, 11) is -4.04. The Kier molecular flexibility index (Phi) is 5.34. The molecular formula is C20H14Cl2N4O4S. The highest BCUT2D eigenvalue weighted by Crippen LogP contribution is 2.30. The first-order valence-electron chi connectivity index (χ1n) is 8.85. The van der Waals surface area contributed by atoms with Gasteiger partial charge in [0, 0.05) is 10.6 Å². The van der Waals surface area contributed by atoms with E-state index < -0.39 is 21.1 Å². The van der Waals surface area contributed by atoms with Crippen LogP contribution in [-0.2, 0) is 10.0 Å². The average molecular weight is 477 g/mol. The number of rotatable bonds is 4. The molecule has 3 N–H and O–H groups in total. The summed E-state index contributed by atoms with van der Waals surface area (Å²) in [4.78, 5) is 32.0. The van der Waals surface area contributed by atoms with Gasteiger partial charge in [-0.3, -0.25) is 19.3 Å². The molecule has 11 heteroatoms. The molecule has 4 aromatic rings. The van der Waals surface area contributed by atoms with Crippen molar-refractivity contribution in [2.45, 2.75) is 11.8 Å². The van der Waals surface area contributed by atoms with Crippen LogP contribution in [0.25, 0.3) is 22.3 Å².